The minimum Gasteiger partial charge on any atom is -0.469 e. The number of ether oxygens (including phenoxy) is 1. The molecule has 0 aliphatic rings. The average molecular weight is 452 g/mol. The molecule has 0 aliphatic carbocycles. The highest BCUT2D eigenvalue weighted by atomic mass is 35.5. The Labute approximate surface area is 189 Å². The molecule has 162 valence electrons. The third kappa shape index (κ3) is 4.34. The van der Waals surface area contributed by atoms with Gasteiger partial charge in [-0.05, 0) is 47.4 Å². The van der Waals surface area contributed by atoms with Crippen LogP contribution in [0.15, 0.2) is 66.7 Å². The average Bonchev–Trinajstić information content (AvgIpc) is 2.82. The van der Waals surface area contributed by atoms with E-state index in [-0.39, 0.29) is 29.9 Å². The third-order valence-electron chi connectivity index (χ3n) is 5.45. The number of rotatable bonds is 6. The Balaban J connectivity index is 1.85. The molecule has 1 heterocycles. The predicted molar refractivity (Wildman–Crippen MR) is 122 cm³/mol. The van der Waals surface area contributed by atoms with Gasteiger partial charge in [0.05, 0.1) is 18.3 Å². The number of fused-ring (bicyclic) bond motifs is 1. The van der Waals surface area contributed by atoms with Crippen LogP contribution in [-0.2, 0) is 21.8 Å². The van der Waals surface area contributed by atoms with Gasteiger partial charge in [0, 0.05) is 28.8 Å². The lowest BCUT2D eigenvalue weighted by atomic mass is 9.93. The molecule has 0 atom stereocenters. The number of alkyl halides is 1. The Bertz CT molecular complexity index is 1290. The fourth-order valence-electron chi connectivity index (χ4n) is 3.83. The molecule has 3 nitrogen and oxygen atoms in total. The van der Waals surface area contributed by atoms with Crippen LogP contribution in [0.2, 0.25) is 0 Å². The summed E-state index contributed by atoms with van der Waals surface area (Å²) in [6.07, 6.45) is 0.488. The molecule has 4 rings (SSSR count). The van der Waals surface area contributed by atoms with Crippen LogP contribution in [-0.4, -0.2) is 18.1 Å². The molecule has 0 radical (unpaired) electrons. The van der Waals surface area contributed by atoms with Crippen molar-refractivity contribution in [3.8, 4) is 22.4 Å². The summed E-state index contributed by atoms with van der Waals surface area (Å²) in [6, 6.07) is 18.3. The molecule has 0 aliphatic heterocycles. The highest BCUT2D eigenvalue weighted by molar-refractivity contribution is 6.18. The molecule has 32 heavy (non-hydrogen) atoms. The topological polar surface area (TPSA) is 39.2 Å². The summed E-state index contributed by atoms with van der Waals surface area (Å²) in [6.45, 7) is 0. The number of methoxy groups -OCH3 is 1. The zero-order chi connectivity index (χ0) is 22.7. The summed E-state index contributed by atoms with van der Waals surface area (Å²) in [5.41, 5.74) is 4.80. The first-order chi connectivity index (χ1) is 15.5. The van der Waals surface area contributed by atoms with Crippen molar-refractivity contribution in [2.24, 2.45) is 0 Å². The van der Waals surface area contributed by atoms with E-state index in [4.69, 9.17) is 21.3 Å². The van der Waals surface area contributed by atoms with E-state index in [0.717, 1.165) is 22.3 Å². The van der Waals surface area contributed by atoms with Gasteiger partial charge >= 0.3 is 5.97 Å². The summed E-state index contributed by atoms with van der Waals surface area (Å²) >= 11 is 6.29. The van der Waals surface area contributed by atoms with Crippen molar-refractivity contribution in [2.45, 2.75) is 18.7 Å². The first kappa shape index (κ1) is 21.9. The minimum absolute atomic E-state index is 0.138. The maximum absolute atomic E-state index is 14.2. The number of pyridine rings is 1. The zero-order valence-electron chi connectivity index (χ0n) is 17.4. The minimum atomic E-state index is -0.383. The SMILES string of the molecule is COC(=O)CCc1c(-c2ccc(-c3ccccc3F)cc2)nc2ccc(F)cc2c1CCl. The Morgan fingerprint density at radius 1 is 0.969 bits per heavy atom. The molecule has 0 bridgehead atoms. The van der Waals surface area contributed by atoms with Crippen molar-refractivity contribution in [3.63, 3.8) is 0 Å². The van der Waals surface area contributed by atoms with Crippen LogP contribution in [0, 0.1) is 11.6 Å². The van der Waals surface area contributed by atoms with Gasteiger partial charge in [0.2, 0.25) is 0 Å². The van der Waals surface area contributed by atoms with E-state index in [1.165, 1.54) is 25.3 Å². The van der Waals surface area contributed by atoms with Gasteiger partial charge in [0.1, 0.15) is 11.6 Å². The Morgan fingerprint density at radius 3 is 2.38 bits per heavy atom. The molecule has 0 fully saturated rings. The number of carbonyl (C=O) groups excluding carboxylic acids is 1. The van der Waals surface area contributed by atoms with Crippen LogP contribution in [0.4, 0.5) is 8.78 Å². The Kier molecular flexibility index (Phi) is 6.47. The van der Waals surface area contributed by atoms with Gasteiger partial charge in [-0.25, -0.2) is 13.8 Å². The van der Waals surface area contributed by atoms with E-state index >= 15 is 0 Å². The number of aromatic nitrogens is 1. The maximum atomic E-state index is 14.2. The molecule has 0 saturated carbocycles. The quantitative estimate of drug-likeness (QED) is 0.242. The molecule has 3 aromatic carbocycles. The number of benzene rings is 3. The first-order valence-corrected chi connectivity index (χ1v) is 10.6. The molecule has 6 heteroatoms. The van der Waals surface area contributed by atoms with E-state index in [2.05, 4.69) is 0 Å². The highest BCUT2D eigenvalue weighted by Gasteiger charge is 2.18. The molecular weight excluding hydrogens is 432 g/mol. The molecule has 0 saturated heterocycles. The van der Waals surface area contributed by atoms with Crippen molar-refractivity contribution in [1.29, 1.82) is 0 Å². The fourth-order valence-corrected chi connectivity index (χ4v) is 4.14. The van der Waals surface area contributed by atoms with Crippen LogP contribution in [0.25, 0.3) is 33.3 Å². The number of nitrogens with zero attached hydrogens (tertiary/aromatic N) is 1. The molecule has 0 amide bonds. The second-order valence-electron chi connectivity index (χ2n) is 7.35. The van der Waals surface area contributed by atoms with Gasteiger partial charge in [0.15, 0.2) is 0 Å². The molecule has 0 spiro atoms. The van der Waals surface area contributed by atoms with E-state index in [1.807, 2.05) is 24.3 Å². The standard InChI is InChI=1S/C26H20ClF2NO2/c1-32-25(31)13-11-20-22(15-27)21-14-18(28)10-12-24(21)30-26(20)17-8-6-16(7-9-17)19-4-2-3-5-23(19)29/h2-10,12,14H,11,13,15H2,1H3. The summed E-state index contributed by atoms with van der Waals surface area (Å²) in [5, 5.41) is 0.617. The second kappa shape index (κ2) is 9.45. The van der Waals surface area contributed by atoms with Gasteiger partial charge in [-0.3, -0.25) is 4.79 Å². The molecule has 0 unspecified atom stereocenters. The molecule has 4 aromatic rings. The van der Waals surface area contributed by atoms with E-state index in [1.54, 1.807) is 24.3 Å². The van der Waals surface area contributed by atoms with Crippen LogP contribution >= 0.6 is 11.6 Å². The number of hydrogen-bond acceptors (Lipinski definition) is 3. The number of esters is 1. The summed E-state index contributed by atoms with van der Waals surface area (Å²) in [5.74, 6) is -0.897. The Hall–Kier alpha value is -3.31. The monoisotopic (exact) mass is 451 g/mol. The van der Waals surface area contributed by atoms with Crippen molar-refractivity contribution in [2.75, 3.05) is 7.11 Å². The lowest BCUT2D eigenvalue weighted by Crippen LogP contribution is -2.07. The van der Waals surface area contributed by atoms with Crippen LogP contribution in [0.3, 0.4) is 0 Å². The van der Waals surface area contributed by atoms with Gasteiger partial charge in [-0.15, -0.1) is 11.6 Å². The fraction of sp³-hybridized carbons (Fsp3) is 0.154. The van der Waals surface area contributed by atoms with Crippen LogP contribution in [0.1, 0.15) is 17.5 Å². The molecule has 0 N–H and O–H groups in total. The van der Waals surface area contributed by atoms with Crippen LogP contribution < -0.4 is 0 Å². The maximum Gasteiger partial charge on any atom is 0.305 e. The van der Waals surface area contributed by atoms with Gasteiger partial charge in [-0.2, -0.15) is 0 Å². The smallest absolute Gasteiger partial charge is 0.305 e. The highest BCUT2D eigenvalue weighted by Crippen LogP contribution is 2.34. The van der Waals surface area contributed by atoms with Crippen molar-refractivity contribution < 1.29 is 18.3 Å². The zero-order valence-corrected chi connectivity index (χ0v) is 18.1. The summed E-state index contributed by atoms with van der Waals surface area (Å²) in [7, 11) is 1.33. The number of carbonyl (C=O) groups is 1. The lowest BCUT2D eigenvalue weighted by Gasteiger charge is -2.16. The summed E-state index contributed by atoms with van der Waals surface area (Å²) in [4.78, 5) is 16.6. The van der Waals surface area contributed by atoms with E-state index in [9.17, 15) is 13.6 Å². The van der Waals surface area contributed by atoms with Crippen LogP contribution in [0.5, 0.6) is 0 Å². The normalized spacial score (nSPS) is 11.0. The van der Waals surface area contributed by atoms with Gasteiger partial charge in [-0.1, -0.05) is 42.5 Å². The third-order valence-corrected chi connectivity index (χ3v) is 5.72. The largest absolute Gasteiger partial charge is 0.469 e. The second-order valence-corrected chi connectivity index (χ2v) is 7.61. The summed E-state index contributed by atoms with van der Waals surface area (Å²) < 4.78 is 32.9. The first-order valence-electron chi connectivity index (χ1n) is 10.1. The number of halogens is 3. The van der Waals surface area contributed by atoms with E-state index < -0.39 is 0 Å². The van der Waals surface area contributed by atoms with Gasteiger partial charge < -0.3 is 4.74 Å². The predicted octanol–water partition coefficient (Wildman–Crippen LogP) is 6.69. The van der Waals surface area contributed by atoms with Crippen molar-refractivity contribution in [1.82, 2.24) is 4.98 Å². The molecule has 1 aromatic heterocycles. The van der Waals surface area contributed by atoms with Crippen molar-refractivity contribution in [3.05, 3.63) is 89.5 Å². The Morgan fingerprint density at radius 2 is 1.69 bits per heavy atom. The van der Waals surface area contributed by atoms with E-state index in [0.29, 0.717) is 28.6 Å². The lowest BCUT2D eigenvalue weighted by molar-refractivity contribution is -0.140. The van der Waals surface area contributed by atoms with Gasteiger partial charge in [0.25, 0.3) is 0 Å². The van der Waals surface area contributed by atoms with Crippen molar-refractivity contribution >= 4 is 28.5 Å². The molecular formula is C26H20ClF2NO2. The number of hydrogen-bond donors (Lipinski definition) is 0.